The summed E-state index contributed by atoms with van der Waals surface area (Å²) in [4.78, 5) is 25.0. The predicted octanol–water partition coefficient (Wildman–Crippen LogP) is 2.61. The van der Waals surface area contributed by atoms with Crippen LogP contribution in [0, 0.1) is 0 Å². The average Bonchev–Trinajstić information content (AvgIpc) is 3.23. The molecule has 0 aliphatic heterocycles. The number of benzene rings is 1. The van der Waals surface area contributed by atoms with Crippen molar-refractivity contribution < 1.29 is 9.53 Å². The van der Waals surface area contributed by atoms with Crippen molar-refractivity contribution >= 4 is 11.6 Å². The largest absolute Gasteiger partial charge is 0.478 e. The quantitative estimate of drug-likeness (QED) is 0.404. The molecular weight excluding hydrogens is 420 g/mol. The van der Waals surface area contributed by atoms with Gasteiger partial charge in [0.05, 0.1) is 13.2 Å². The van der Waals surface area contributed by atoms with Gasteiger partial charge in [-0.15, -0.1) is 10.2 Å². The number of nitrogens with zero attached hydrogens (tertiary/aromatic N) is 6. The third-order valence-electron chi connectivity index (χ3n) is 4.92. The number of amides is 1. The summed E-state index contributed by atoms with van der Waals surface area (Å²) in [5.41, 5.74) is 2.86. The zero-order chi connectivity index (χ0) is 23.0. The molecule has 0 radical (unpaired) electrons. The Hall–Kier alpha value is -4.34. The molecule has 2 N–H and O–H groups in total. The van der Waals surface area contributed by atoms with E-state index in [0.717, 1.165) is 17.1 Å². The lowest BCUT2D eigenvalue weighted by Crippen LogP contribution is -2.23. The molecule has 0 unspecified atom stereocenters. The Morgan fingerprint density at radius 2 is 1.97 bits per heavy atom. The van der Waals surface area contributed by atoms with Gasteiger partial charge >= 0.3 is 0 Å². The number of anilines is 1. The van der Waals surface area contributed by atoms with Crippen LogP contribution in [0.15, 0.2) is 61.2 Å². The minimum absolute atomic E-state index is 0.186. The summed E-state index contributed by atoms with van der Waals surface area (Å²) in [7, 11) is 1.88. The van der Waals surface area contributed by atoms with Crippen LogP contribution in [-0.2, 0) is 20.1 Å². The monoisotopic (exact) mass is 444 g/mol. The molecule has 0 saturated heterocycles. The standard InChI is InChI=1S/C23H24N8O2/c1-3-33-23-17(7-5-10-25-23)13-27-22(32)16-6-4-8-18(12-16)26-14-20-29-30-21(31(20)2)19-9-11-24-15-28-19/h4-12,15,26H,3,13-14H2,1-2H3,(H,27,32). The molecule has 0 spiro atoms. The van der Waals surface area contributed by atoms with Gasteiger partial charge in [-0.2, -0.15) is 0 Å². The molecule has 33 heavy (non-hydrogen) atoms. The fourth-order valence-electron chi connectivity index (χ4n) is 3.22. The van der Waals surface area contributed by atoms with Gasteiger partial charge < -0.3 is 19.9 Å². The molecule has 1 amide bonds. The van der Waals surface area contributed by atoms with Gasteiger partial charge in [-0.1, -0.05) is 12.1 Å². The molecule has 4 aromatic rings. The number of aromatic nitrogens is 6. The second-order valence-electron chi connectivity index (χ2n) is 7.11. The molecule has 0 fully saturated rings. The van der Waals surface area contributed by atoms with Crippen molar-refractivity contribution in [3.8, 4) is 17.4 Å². The van der Waals surface area contributed by atoms with Crippen LogP contribution in [0.3, 0.4) is 0 Å². The lowest BCUT2D eigenvalue weighted by Gasteiger charge is -2.11. The number of carbonyl (C=O) groups is 1. The molecule has 4 rings (SSSR count). The van der Waals surface area contributed by atoms with E-state index in [9.17, 15) is 4.79 Å². The van der Waals surface area contributed by atoms with Gasteiger partial charge in [0.15, 0.2) is 11.6 Å². The number of ether oxygens (including phenoxy) is 1. The fraction of sp³-hybridized carbons (Fsp3) is 0.217. The van der Waals surface area contributed by atoms with Gasteiger partial charge in [0.1, 0.15) is 12.0 Å². The summed E-state index contributed by atoms with van der Waals surface area (Å²) < 4.78 is 7.39. The average molecular weight is 444 g/mol. The van der Waals surface area contributed by atoms with Gasteiger partial charge in [-0.05, 0) is 37.3 Å². The van der Waals surface area contributed by atoms with Crippen LogP contribution in [0.5, 0.6) is 5.88 Å². The van der Waals surface area contributed by atoms with Gasteiger partial charge in [-0.3, -0.25) is 4.79 Å². The number of hydrogen-bond donors (Lipinski definition) is 2. The Kier molecular flexibility index (Phi) is 6.84. The van der Waals surface area contributed by atoms with Gasteiger partial charge in [-0.25, -0.2) is 15.0 Å². The molecule has 0 saturated carbocycles. The Morgan fingerprint density at radius 3 is 2.79 bits per heavy atom. The van der Waals surface area contributed by atoms with E-state index in [1.165, 1.54) is 6.33 Å². The molecule has 10 heteroatoms. The summed E-state index contributed by atoms with van der Waals surface area (Å²) in [5, 5.41) is 14.7. The van der Waals surface area contributed by atoms with E-state index < -0.39 is 0 Å². The normalized spacial score (nSPS) is 10.6. The third kappa shape index (κ3) is 5.29. The van der Waals surface area contributed by atoms with Crippen LogP contribution in [-0.4, -0.2) is 42.2 Å². The first-order valence-electron chi connectivity index (χ1n) is 10.5. The zero-order valence-corrected chi connectivity index (χ0v) is 18.4. The van der Waals surface area contributed by atoms with E-state index in [2.05, 4.69) is 35.8 Å². The molecule has 0 atom stereocenters. The number of hydrogen-bond acceptors (Lipinski definition) is 8. The van der Waals surface area contributed by atoms with Crippen molar-refractivity contribution in [3.05, 3.63) is 78.1 Å². The molecular formula is C23H24N8O2. The second kappa shape index (κ2) is 10.3. The molecule has 3 aromatic heterocycles. The molecule has 0 bridgehead atoms. The predicted molar refractivity (Wildman–Crippen MR) is 122 cm³/mol. The molecule has 1 aromatic carbocycles. The number of pyridine rings is 1. The molecule has 10 nitrogen and oxygen atoms in total. The van der Waals surface area contributed by atoms with Crippen LogP contribution in [0.4, 0.5) is 5.69 Å². The lowest BCUT2D eigenvalue weighted by atomic mass is 10.1. The maximum absolute atomic E-state index is 12.7. The second-order valence-corrected chi connectivity index (χ2v) is 7.11. The van der Waals surface area contributed by atoms with Crippen molar-refractivity contribution in [3.63, 3.8) is 0 Å². The molecule has 3 heterocycles. The van der Waals surface area contributed by atoms with Crippen molar-refractivity contribution in [1.82, 2.24) is 35.0 Å². The maximum Gasteiger partial charge on any atom is 0.251 e. The van der Waals surface area contributed by atoms with E-state index >= 15 is 0 Å². The van der Waals surface area contributed by atoms with Crippen LogP contribution >= 0.6 is 0 Å². The summed E-state index contributed by atoms with van der Waals surface area (Å²) in [5.74, 6) is 1.73. The lowest BCUT2D eigenvalue weighted by molar-refractivity contribution is 0.0950. The summed E-state index contributed by atoms with van der Waals surface area (Å²) in [6, 6.07) is 12.8. The highest BCUT2D eigenvalue weighted by atomic mass is 16.5. The third-order valence-corrected chi connectivity index (χ3v) is 4.92. The highest BCUT2D eigenvalue weighted by Crippen LogP contribution is 2.17. The van der Waals surface area contributed by atoms with Crippen molar-refractivity contribution in [2.24, 2.45) is 7.05 Å². The summed E-state index contributed by atoms with van der Waals surface area (Å²) in [6.07, 6.45) is 4.81. The van der Waals surface area contributed by atoms with E-state index in [1.54, 1.807) is 30.6 Å². The van der Waals surface area contributed by atoms with Gasteiger partial charge in [0.2, 0.25) is 5.88 Å². The Bertz CT molecular complexity index is 1230. The highest BCUT2D eigenvalue weighted by Gasteiger charge is 2.12. The maximum atomic E-state index is 12.7. The van der Waals surface area contributed by atoms with E-state index in [4.69, 9.17) is 4.74 Å². The molecule has 0 aliphatic carbocycles. The van der Waals surface area contributed by atoms with E-state index in [0.29, 0.717) is 42.7 Å². The first-order valence-corrected chi connectivity index (χ1v) is 10.5. The molecule has 0 aliphatic rings. The summed E-state index contributed by atoms with van der Waals surface area (Å²) in [6.45, 7) is 3.17. The highest BCUT2D eigenvalue weighted by molar-refractivity contribution is 5.95. The first kappa shape index (κ1) is 21.9. The fourth-order valence-corrected chi connectivity index (χ4v) is 3.22. The topological polar surface area (TPSA) is 120 Å². The van der Waals surface area contributed by atoms with Crippen LogP contribution in [0.2, 0.25) is 0 Å². The van der Waals surface area contributed by atoms with E-state index in [-0.39, 0.29) is 5.91 Å². The van der Waals surface area contributed by atoms with Crippen LogP contribution in [0.1, 0.15) is 28.7 Å². The summed E-state index contributed by atoms with van der Waals surface area (Å²) >= 11 is 0. The molecule has 168 valence electrons. The Labute approximate surface area is 191 Å². The Balaban J connectivity index is 1.38. The number of rotatable bonds is 9. The van der Waals surface area contributed by atoms with Crippen LogP contribution in [0.25, 0.3) is 11.5 Å². The first-order chi connectivity index (χ1) is 16.2. The van der Waals surface area contributed by atoms with E-state index in [1.807, 2.05) is 42.8 Å². The minimum Gasteiger partial charge on any atom is -0.478 e. The number of nitrogens with one attached hydrogen (secondary N) is 2. The van der Waals surface area contributed by atoms with Crippen molar-refractivity contribution in [2.75, 3.05) is 11.9 Å². The van der Waals surface area contributed by atoms with Gasteiger partial charge in [0.25, 0.3) is 5.91 Å². The zero-order valence-electron chi connectivity index (χ0n) is 18.4. The van der Waals surface area contributed by atoms with Crippen LogP contribution < -0.4 is 15.4 Å². The van der Waals surface area contributed by atoms with Crippen molar-refractivity contribution in [2.45, 2.75) is 20.0 Å². The van der Waals surface area contributed by atoms with Gasteiger partial charge in [0, 0.05) is 42.8 Å². The SMILES string of the molecule is CCOc1ncccc1CNC(=O)c1cccc(NCc2nnc(-c3ccncn3)n2C)c1. The minimum atomic E-state index is -0.186. The van der Waals surface area contributed by atoms with Crippen molar-refractivity contribution in [1.29, 1.82) is 0 Å². The number of carbonyl (C=O) groups excluding carboxylic acids is 1. The Morgan fingerprint density at radius 1 is 1.06 bits per heavy atom. The smallest absolute Gasteiger partial charge is 0.251 e.